The number of hydrogen-bond acceptors (Lipinski definition) is 2. The summed E-state index contributed by atoms with van der Waals surface area (Å²) in [5, 5.41) is 0. The van der Waals surface area contributed by atoms with Crippen molar-refractivity contribution in [3.8, 4) is 5.75 Å². The van der Waals surface area contributed by atoms with E-state index in [1.165, 1.54) is 0 Å². The molecule has 0 fully saturated rings. The van der Waals surface area contributed by atoms with E-state index in [0.717, 1.165) is 4.47 Å². The summed E-state index contributed by atoms with van der Waals surface area (Å²) >= 11 is 17.0. The fourth-order valence-electron chi connectivity index (χ4n) is 0.664. The Labute approximate surface area is 102 Å². The summed E-state index contributed by atoms with van der Waals surface area (Å²) in [5.41, 5.74) is 0. The van der Waals surface area contributed by atoms with Gasteiger partial charge in [0.2, 0.25) is 0 Å². The van der Waals surface area contributed by atoms with Gasteiger partial charge in [0.15, 0.2) is 0 Å². The van der Waals surface area contributed by atoms with Crippen LogP contribution < -0.4 is 4.52 Å². The second kappa shape index (κ2) is 4.54. The first-order valence-corrected chi connectivity index (χ1v) is 8.04. The van der Waals surface area contributed by atoms with Gasteiger partial charge in [-0.25, -0.2) is 4.57 Å². The Hall–Kier alpha value is 0.790. The molecule has 0 N–H and O–H groups in total. The molecule has 2 nitrogen and oxygen atoms in total. The molecule has 0 saturated carbocycles. The summed E-state index contributed by atoms with van der Waals surface area (Å²) in [5.74, 6) is 0.344. The van der Waals surface area contributed by atoms with Crippen molar-refractivity contribution in [3.05, 3.63) is 27.1 Å². The molecule has 0 aliphatic carbocycles. The molecule has 0 unspecified atom stereocenters. The van der Waals surface area contributed by atoms with E-state index < -0.39 is 6.07 Å². The van der Waals surface area contributed by atoms with Crippen LogP contribution in [0.4, 0.5) is 0 Å². The van der Waals surface area contributed by atoms with Gasteiger partial charge in [-0.05, 0) is 34.1 Å². The van der Waals surface area contributed by atoms with Gasteiger partial charge in [0.05, 0.1) is 4.47 Å². The van der Waals surface area contributed by atoms with E-state index in [1.54, 1.807) is 18.2 Å². The van der Waals surface area contributed by atoms with Crippen molar-refractivity contribution in [2.75, 3.05) is 0 Å². The van der Waals surface area contributed by atoms with Crippen LogP contribution in [0.2, 0.25) is 0 Å². The van der Waals surface area contributed by atoms with Crippen molar-refractivity contribution in [1.82, 2.24) is 0 Å². The number of hydrogen-bond donors (Lipinski definition) is 0. The summed E-state index contributed by atoms with van der Waals surface area (Å²) < 4.78 is 17.2. The van der Waals surface area contributed by atoms with Gasteiger partial charge in [0.1, 0.15) is 5.75 Å². The lowest BCUT2D eigenvalue weighted by atomic mass is 10.3. The van der Waals surface area contributed by atoms with Crippen LogP contribution in [0.25, 0.3) is 0 Å². The summed E-state index contributed by atoms with van der Waals surface area (Å²) in [7, 11) is 0. The second-order valence-electron chi connectivity index (χ2n) is 2.08. The van der Waals surface area contributed by atoms with Crippen LogP contribution >= 0.6 is 60.4 Å². The third-order valence-corrected chi connectivity index (χ3v) is 3.03. The van der Waals surface area contributed by atoms with E-state index in [0.29, 0.717) is 10.2 Å². The van der Waals surface area contributed by atoms with Gasteiger partial charge in [-0.2, -0.15) is 0 Å². The van der Waals surface area contributed by atoms with E-state index in [1.807, 2.05) is 0 Å². The predicted molar refractivity (Wildman–Crippen MR) is 61.8 cm³/mol. The van der Waals surface area contributed by atoms with Crippen molar-refractivity contribution in [1.29, 1.82) is 0 Å². The normalized spacial score (nSPS) is 11.4. The molecular weight excluding hydrogens is 366 g/mol. The lowest BCUT2D eigenvalue weighted by Gasteiger charge is -2.07. The van der Waals surface area contributed by atoms with Crippen LogP contribution in [0, 0.1) is 0 Å². The molecule has 0 saturated heterocycles. The first-order chi connectivity index (χ1) is 5.88. The largest absolute Gasteiger partial charge is 0.428 e. The predicted octanol–water partition coefficient (Wildman–Crippen LogP) is 5.18. The number of rotatable bonds is 2. The molecule has 1 aromatic carbocycles. The minimum absolute atomic E-state index is 0.344. The maximum Gasteiger partial charge on any atom is 0.428 e. The highest BCUT2D eigenvalue weighted by molar-refractivity contribution is 9.11. The molecule has 1 rings (SSSR count). The Morgan fingerprint density at radius 1 is 1.31 bits per heavy atom. The van der Waals surface area contributed by atoms with E-state index in [9.17, 15) is 4.57 Å². The molecule has 72 valence electrons. The topological polar surface area (TPSA) is 26.3 Å². The smallest absolute Gasteiger partial charge is 0.421 e. The van der Waals surface area contributed by atoms with Crippen LogP contribution in [-0.4, -0.2) is 0 Å². The number of halogens is 4. The maximum absolute atomic E-state index is 10.9. The zero-order valence-electron chi connectivity index (χ0n) is 6.01. The molecule has 0 aliphatic rings. The summed E-state index contributed by atoms with van der Waals surface area (Å²) in [4.78, 5) is 0. The SMILES string of the molecule is O=P(Cl)(Cl)Oc1ccc(Br)cc1Br. The third-order valence-electron chi connectivity index (χ3n) is 1.10. The summed E-state index contributed by atoms with van der Waals surface area (Å²) in [6.45, 7) is 0. The molecule has 0 heterocycles. The van der Waals surface area contributed by atoms with Crippen LogP contribution in [0.15, 0.2) is 27.1 Å². The van der Waals surface area contributed by atoms with Gasteiger partial charge >= 0.3 is 6.07 Å². The fourth-order valence-corrected chi connectivity index (χ4v) is 2.75. The molecule has 0 aromatic heterocycles. The third kappa shape index (κ3) is 4.22. The summed E-state index contributed by atoms with van der Waals surface area (Å²) in [6, 6.07) is 5.06. The van der Waals surface area contributed by atoms with Crippen molar-refractivity contribution >= 4 is 60.4 Å². The quantitative estimate of drug-likeness (QED) is 0.673. The van der Waals surface area contributed by atoms with Gasteiger partial charge in [-0.3, -0.25) is 0 Å². The highest BCUT2D eigenvalue weighted by Crippen LogP contribution is 2.58. The van der Waals surface area contributed by atoms with Gasteiger partial charge in [0.25, 0.3) is 0 Å². The fraction of sp³-hybridized carbons (Fsp3) is 0. The Morgan fingerprint density at radius 3 is 2.38 bits per heavy atom. The minimum atomic E-state index is -3.53. The molecule has 7 heteroatoms. The average molecular weight is 369 g/mol. The maximum atomic E-state index is 10.9. The van der Waals surface area contributed by atoms with Crippen LogP contribution in [0.1, 0.15) is 0 Å². The van der Waals surface area contributed by atoms with Crippen LogP contribution in [0.3, 0.4) is 0 Å². The second-order valence-corrected chi connectivity index (χ2v) is 8.05. The molecule has 0 bridgehead atoms. The zero-order valence-corrected chi connectivity index (χ0v) is 11.6. The van der Waals surface area contributed by atoms with Gasteiger partial charge < -0.3 is 4.52 Å². The van der Waals surface area contributed by atoms with E-state index in [4.69, 9.17) is 27.0 Å². The Kier molecular flexibility index (Phi) is 4.14. The first-order valence-electron chi connectivity index (χ1n) is 3.02. The lowest BCUT2D eigenvalue weighted by molar-refractivity contribution is 0.511. The molecule has 13 heavy (non-hydrogen) atoms. The van der Waals surface area contributed by atoms with Gasteiger partial charge in [-0.15, -0.1) is 0 Å². The first kappa shape index (κ1) is 11.9. The highest BCUT2D eigenvalue weighted by Gasteiger charge is 2.17. The van der Waals surface area contributed by atoms with E-state index in [-0.39, 0.29) is 0 Å². The molecule has 0 atom stereocenters. The van der Waals surface area contributed by atoms with Crippen molar-refractivity contribution in [2.45, 2.75) is 0 Å². The molecular formula is C6H3Br2Cl2O2P. The Bertz CT molecular complexity index is 366. The molecule has 1 aromatic rings. The van der Waals surface area contributed by atoms with Gasteiger partial charge in [-0.1, -0.05) is 15.9 Å². The van der Waals surface area contributed by atoms with Crippen LogP contribution in [-0.2, 0) is 4.57 Å². The van der Waals surface area contributed by atoms with Crippen LogP contribution in [0.5, 0.6) is 5.75 Å². The average Bonchev–Trinajstić information content (AvgIpc) is 1.93. The summed E-state index contributed by atoms with van der Waals surface area (Å²) in [6.07, 6.45) is -3.53. The number of benzene rings is 1. The molecule has 0 spiro atoms. The van der Waals surface area contributed by atoms with Crippen molar-refractivity contribution in [3.63, 3.8) is 0 Å². The van der Waals surface area contributed by atoms with E-state index >= 15 is 0 Å². The zero-order chi connectivity index (χ0) is 10.1. The lowest BCUT2D eigenvalue weighted by Crippen LogP contribution is -1.82. The van der Waals surface area contributed by atoms with Crippen molar-refractivity contribution in [2.24, 2.45) is 0 Å². The van der Waals surface area contributed by atoms with E-state index in [2.05, 4.69) is 31.9 Å². The Balaban J connectivity index is 2.97. The molecule has 0 radical (unpaired) electrons. The van der Waals surface area contributed by atoms with Crippen molar-refractivity contribution < 1.29 is 9.09 Å². The minimum Gasteiger partial charge on any atom is -0.421 e. The van der Waals surface area contributed by atoms with Gasteiger partial charge in [0, 0.05) is 27.0 Å². The Morgan fingerprint density at radius 2 is 1.92 bits per heavy atom. The monoisotopic (exact) mass is 366 g/mol. The molecule has 0 amide bonds. The highest BCUT2D eigenvalue weighted by atomic mass is 79.9. The standard InChI is InChI=1S/C6H3Br2Cl2O2P/c7-4-1-2-6(5(8)3-4)12-13(9,10)11/h1-3H. The molecule has 0 aliphatic heterocycles.